The third kappa shape index (κ3) is 2.50. The normalized spacial score (nSPS) is 11.6. The summed E-state index contributed by atoms with van der Waals surface area (Å²) in [5.41, 5.74) is 2.29. The van der Waals surface area contributed by atoms with E-state index in [1.54, 1.807) is 0 Å². The molecule has 0 radical (unpaired) electrons. The Morgan fingerprint density at radius 2 is 2.06 bits per heavy atom. The van der Waals surface area contributed by atoms with Gasteiger partial charge in [-0.2, -0.15) is 5.26 Å². The van der Waals surface area contributed by atoms with Crippen molar-refractivity contribution in [1.82, 2.24) is 4.57 Å². The molecular formula is C15H18N2. The molecule has 0 spiro atoms. The van der Waals surface area contributed by atoms with Crippen molar-refractivity contribution in [3.63, 3.8) is 0 Å². The van der Waals surface area contributed by atoms with Crippen LogP contribution in [0.4, 0.5) is 0 Å². The van der Waals surface area contributed by atoms with Crippen LogP contribution < -0.4 is 0 Å². The first-order valence-corrected chi connectivity index (χ1v) is 5.99. The van der Waals surface area contributed by atoms with E-state index >= 15 is 0 Å². The molecule has 1 heterocycles. The number of rotatable bonds is 3. The van der Waals surface area contributed by atoms with E-state index < -0.39 is 0 Å². The van der Waals surface area contributed by atoms with Crippen molar-refractivity contribution in [2.24, 2.45) is 5.41 Å². The molecule has 88 valence electrons. The molecule has 1 aromatic heterocycles. The minimum atomic E-state index is -0.249. The summed E-state index contributed by atoms with van der Waals surface area (Å²) in [7, 11) is 0. The van der Waals surface area contributed by atoms with E-state index in [0.717, 1.165) is 13.0 Å². The topological polar surface area (TPSA) is 28.7 Å². The van der Waals surface area contributed by atoms with Crippen molar-refractivity contribution in [3.05, 3.63) is 36.0 Å². The van der Waals surface area contributed by atoms with Gasteiger partial charge in [0, 0.05) is 18.3 Å². The highest BCUT2D eigenvalue weighted by atomic mass is 14.9. The van der Waals surface area contributed by atoms with Gasteiger partial charge in [0.15, 0.2) is 0 Å². The molecule has 0 saturated carbocycles. The maximum atomic E-state index is 9.01. The zero-order chi connectivity index (χ0) is 12.5. The van der Waals surface area contributed by atoms with Gasteiger partial charge in [-0.1, -0.05) is 11.6 Å². The van der Waals surface area contributed by atoms with Crippen molar-refractivity contribution in [1.29, 1.82) is 5.26 Å². The summed E-state index contributed by atoms with van der Waals surface area (Å²) in [6.45, 7) is 6.98. The predicted molar refractivity (Wildman–Crippen MR) is 70.7 cm³/mol. The summed E-state index contributed by atoms with van der Waals surface area (Å²) in [4.78, 5) is 0. The molecule has 2 heteroatoms. The fraction of sp³-hybridized carbons (Fsp3) is 0.400. The van der Waals surface area contributed by atoms with Crippen molar-refractivity contribution in [2.45, 2.75) is 33.7 Å². The lowest BCUT2D eigenvalue weighted by Crippen LogP contribution is -2.11. The monoisotopic (exact) mass is 226 g/mol. The number of nitrogens with zero attached hydrogens (tertiary/aromatic N) is 2. The number of aromatic nitrogens is 1. The first-order valence-electron chi connectivity index (χ1n) is 5.99. The van der Waals surface area contributed by atoms with Gasteiger partial charge in [-0.3, -0.25) is 0 Å². The molecule has 0 N–H and O–H groups in total. The highest BCUT2D eigenvalue weighted by molar-refractivity contribution is 5.80. The lowest BCUT2D eigenvalue weighted by Gasteiger charge is -2.15. The standard InChI is InChI=1S/C15H18N2/c1-12-4-5-14-13(10-12)6-8-17(14)9-7-15(2,3)11-16/h4-6,8,10H,7,9H2,1-3H3. The van der Waals surface area contributed by atoms with Crippen LogP contribution in [0.5, 0.6) is 0 Å². The smallest absolute Gasteiger partial charge is 0.0684 e. The average molecular weight is 226 g/mol. The van der Waals surface area contributed by atoms with E-state index in [4.69, 9.17) is 5.26 Å². The second-order valence-electron chi connectivity index (χ2n) is 5.32. The fourth-order valence-electron chi connectivity index (χ4n) is 1.97. The van der Waals surface area contributed by atoms with E-state index in [-0.39, 0.29) is 5.41 Å². The molecule has 1 aromatic carbocycles. The summed E-state index contributed by atoms with van der Waals surface area (Å²) in [5.74, 6) is 0. The number of benzene rings is 1. The Morgan fingerprint density at radius 1 is 1.29 bits per heavy atom. The zero-order valence-corrected chi connectivity index (χ0v) is 10.7. The van der Waals surface area contributed by atoms with E-state index in [0.29, 0.717) is 0 Å². The van der Waals surface area contributed by atoms with E-state index in [1.165, 1.54) is 16.5 Å². The molecule has 0 amide bonds. The van der Waals surface area contributed by atoms with Crippen LogP contribution in [0.15, 0.2) is 30.5 Å². The molecule has 0 atom stereocenters. The van der Waals surface area contributed by atoms with Crippen LogP contribution in [0.2, 0.25) is 0 Å². The van der Waals surface area contributed by atoms with Crippen LogP contribution in [-0.2, 0) is 6.54 Å². The molecule has 0 aliphatic rings. The SMILES string of the molecule is Cc1ccc2c(ccn2CCC(C)(C)C#N)c1. The molecule has 0 unspecified atom stereocenters. The summed E-state index contributed by atoms with van der Waals surface area (Å²) in [6.07, 6.45) is 2.98. The van der Waals surface area contributed by atoms with Crippen LogP contribution in [-0.4, -0.2) is 4.57 Å². The minimum absolute atomic E-state index is 0.249. The Labute approximate surface area is 102 Å². The van der Waals surface area contributed by atoms with Gasteiger partial charge >= 0.3 is 0 Å². The van der Waals surface area contributed by atoms with E-state index in [1.807, 2.05) is 13.8 Å². The number of nitriles is 1. The molecule has 0 fully saturated rings. The summed E-state index contributed by atoms with van der Waals surface area (Å²) in [5, 5.41) is 10.3. The van der Waals surface area contributed by atoms with Crippen molar-refractivity contribution < 1.29 is 0 Å². The predicted octanol–water partition coefficient (Wildman–Crippen LogP) is 3.89. The van der Waals surface area contributed by atoms with Crippen molar-refractivity contribution >= 4 is 10.9 Å². The van der Waals surface area contributed by atoms with Crippen LogP contribution in [0.1, 0.15) is 25.8 Å². The molecule has 17 heavy (non-hydrogen) atoms. The van der Waals surface area contributed by atoms with Crippen molar-refractivity contribution in [3.8, 4) is 6.07 Å². The molecule has 2 nitrogen and oxygen atoms in total. The van der Waals surface area contributed by atoms with Crippen LogP contribution in [0.3, 0.4) is 0 Å². The molecule has 0 aliphatic heterocycles. The summed E-state index contributed by atoms with van der Waals surface area (Å²) < 4.78 is 2.23. The van der Waals surface area contributed by atoms with Gasteiger partial charge in [-0.15, -0.1) is 0 Å². The van der Waals surface area contributed by atoms with Gasteiger partial charge in [-0.25, -0.2) is 0 Å². The second-order valence-corrected chi connectivity index (χ2v) is 5.32. The minimum Gasteiger partial charge on any atom is -0.347 e. The Bertz CT molecular complexity index is 570. The number of hydrogen-bond donors (Lipinski definition) is 0. The van der Waals surface area contributed by atoms with Crippen molar-refractivity contribution in [2.75, 3.05) is 0 Å². The number of hydrogen-bond acceptors (Lipinski definition) is 1. The first-order chi connectivity index (χ1) is 8.02. The van der Waals surface area contributed by atoms with Gasteiger partial charge in [0.25, 0.3) is 0 Å². The van der Waals surface area contributed by atoms with Gasteiger partial charge < -0.3 is 4.57 Å². The first kappa shape index (κ1) is 11.7. The molecule has 2 aromatic rings. The Hall–Kier alpha value is -1.75. The number of aryl methyl sites for hydroxylation is 2. The van der Waals surface area contributed by atoms with E-state index in [9.17, 15) is 0 Å². The summed E-state index contributed by atoms with van der Waals surface area (Å²) in [6, 6.07) is 11.0. The van der Waals surface area contributed by atoms with Gasteiger partial charge in [-0.05, 0) is 50.8 Å². The van der Waals surface area contributed by atoms with Gasteiger partial charge in [0.05, 0.1) is 11.5 Å². The second kappa shape index (κ2) is 4.25. The molecule has 0 aliphatic carbocycles. The van der Waals surface area contributed by atoms with Crippen LogP contribution in [0, 0.1) is 23.7 Å². The van der Waals surface area contributed by atoms with Gasteiger partial charge in [0.1, 0.15) is 0 Å². The lowest BCUT2D eigenvalue weighted by atomic mass is 9.91. The Kier molecular flexibility index (Phi) is 2.93. The summed E-state index contributed by atoms with van der Waals surface area (Å²) >= 11 is 0. The maximum Gasteiger partial charge on any atom is 0.0684 e. The highest BCUT2D eigenvalue weighted by Gasteiger charge is 2.16. The largest absolute Gasteiger partial charge is 0.347 e. The Balaban J connectivity index is 2.23. The van der Waals surface area contributed by atoms with Crippen LogP contribution in [0.25, 0.3) is 10.9 Å². The Morgan fingerprint density at radius 3 is 2.76 bits per heavy atom. The molecule has 2 rings (SSSR count). The maximum absolute atomic E-state index is 9.01. The zero-order valence-electron chi connectivity index (χ0n) is 10.7. The van der Waals surface area contributed by atoms with E-state index in [2.05, 4.69) is 48.0 Å². The number of fused-ring (bicyclic) bond motifs is 1. The van der Waals surface area contributed by atoms with Crippen LogP contribution >= 0.6 is 0 Å². The third-order valence-electron chi connectivity index (χ3n) is 3.21. The molecule has 0 bridgehead atoms. The van der Waals surface area contributed by atoms with Gasteiger partial charge in [0.2, 0.25) is 0 Å². The third-order valence-corrected chi connectivity index (χ3v) is 3.21. The molecular weight excluding hydrogens is 208 g/mol. The fourth-order valence-corrected chi connectivity index (χ4v) is 1.97. The lowest BCUT2D eigenvalue weighted by molar-refractivity contribution is 0.417. The quantitative estimate of drug-likeness (QED) is 0.780. The average Bonchev–Trinajstić information content (AvgIpc) is 2.69. The molecule has 0 saturated heterocycles. The highest BCUT2D eigenvalue weighted by Crippen LogP contribution is 2.23.